The number of pyridine rings is 1. The molecule has 3 fully saturated rings. The Balaban J connectivity index is 1.49. The molecule has 5 rings (SSSR count). The Morgan fingerprint density at radius 3 is 2.88 bits per heavy atom. The smallest absolute Gasteiger partial charge is 0.261 e. The number of fused-ring (bicyclic) bond motifs is 2. The van der Waals surface area contributed by atoms with E-state index < -0.39 is 0 Å². The molecule has 4 aliphatic rings. The predicted octanol–water partition coefficient (Wildman–Crippen LogP) is 2.14. The lowest BCUT2D eigenvalue weighted by Crippen LogP contribution is -2.46. The molecule has 1 aliphatic heterocycles. The third-order valence-electron chi connectivity index (χ3n) is 7.17. The van der Waals surface area contributed by atoms with Gasteiger partial charge in [-0.3, -0.25) is 9.59 Å². The number of rotatable bonds is 2. The lowest BCUT2D eigenvalue weighted by Gasteiger charge is -2.31. The first-order valence-electron chi connectivity index (χ1n) is 9.76. The molecule has 1 N–H and O–H groups in total. The summed E-state index contributed by atoms with van der Waals surface area (Å²) in [5, 5.41) is 0. The highest BCUT2D eigenvalue weighted by molar-refractivity contribution is 5.94. The van der Waals surface area contributed by atoms with E-state index in [1.165, 1.54) is 19.3 Å². The number of ether oxygens (including phenoxy) is 1. The normalized spacial score (nSPS) is 35.7. The van der Waals surface area contributed by atoms with Gasteiger partial charge in [0.25, 0.3) is 11.5 Å². The monoisotopic (exact) mass is 342 g/mol. The van der Waals surface area contributed by atoms with Crippen molar-refractivity contribution < 1.29 is 9.53 Å². The number of hydrogen-bond acceptors (Lipinski definition) is 3. The van der Waals surface area contributed by atoms with E-state index in [0.29, 0.717) is 23.3 Å². The molecule has 3 aliphatic carbocycles. The zero-order valence-electron chi connectivity index (χ0n) is 14.8. The van der Waals surface area contributed by atoms with Crippen LogP contribution in [-0.2, 0) is 17.6 Å². The van der Waals surface area contributed by atoms with Crippen molar-refractivity contribution in [2.75, 3.05) is 13.7 Å². The van der Waals surface area contributed by atoms with E-state index >= 15 is 0 Å². The Kier molecular flexibility index (Phi) is 3.56. The van der Waals surface area contributed by atoms with Gasteiger partial charge in [-0.2, -0.15) is 0 Å². The summed E-state index contributed by atoms with van der Waals surface area (Å²) in [5.74, 6) is 1.67. The lowest BCUT2D eigenvalue weighted by atomic mass is 9.88. The third-order valence-corrected chi connectivity index (χ3v) is 7.17. The second kappa shape index (κ2) is 5.70. The minimum absolute atomic E-state index is 0.0876. The van der Waals surface area contributed by atoms with Gasteiger partial charge < -0.3 is 14.6 Å². The number of likely N-dealkylation sites (tertiary alicyclic amines) is 1. The number of amides is 1. The first-order valence-corrected chi connectivity index (χ1v) is 9.76. The maximum atomic E-state index is 13.3. The van der Waals surface area contributed by atoms with E-state index in [1.54, 1.807) is 7.11 Å². The summed E-state index contributed by atoms with van der Waals surface area (Å²) in [7, 11) is 1.76. The number of hydrogen-bond donors (Lipinski definition) is 1. The van der Waals surface area contributed by atoms with Crippen LogP contribution in [0.25, 0.3) is 0 Å². The van der Waals surface area contributed by atoms with Crippen molar-refractivity contribution in [1.29, 1.82) is 0 Å². The van der Waals surface area contributed by atoms with Crippen LogP contribution in [0.15, 0.2) is 10.9 Å². The van der Waals surface area contributed by atoms with Gasteiger partial charge in [0.05, 0.1) is 12.1 Å². The first-order chi connectivity index (χ1) is 12.2. The number of nitrogens with one attached hydrogen (secondary N) is 1. The van der Waals surface area contributed by atoms with Crippen molar-refractivity contribution in [3.05, 3.63) is 33.2 Å². The fourth-order valence-electron chi connectivity index (χ4n) is 6.12. The van der Waals surface area contributed by atoms with E-state index in [1.807, 2.05) is 11.0 Å². The Labute approximate surface area is 147 Å². The second-order valence-corrected chi connectivity index (χ2v) is 8.38. The summed E-state index contributed by atoms with van der Waals surface area (Å²) in [4.78, 5) is 30.8. The summed E-state index contributed by atoms with van der Waals surface area (Å²) in [6.07, 6.45) is 7.82. The zero-order valence-corrected chi connectivity index (χ0v) is 14.8. The minimum atomic E-state index is -0.214. The van der Waals surface area contributed by atoms with Crippen molar-refractivity contribution in [2.45, 2.75) is 57.1 Å². The van der Waals surface area contributed by atoms with Crippen LogP contribution in [0, 0.1) is 17.8 Å². The lowest BCUT2D eigenvalue weighted by molar-refractivity contribution is 0.0111. The highest BCUT2D eigenvalue weighted by atomic mass is 16.5. The topological polar surface area (TPSA) is 62.4 Å². The number of aromatic nitrogens is 1. The van der Waals surface area contributed by atoms with Gasteiger partial charge in [0.15, 0.2) is 0 Å². The number of aromatic amines is 1. The fraction of sp³-hybridized carbons (Fsp3) is 0.700. The molecule has 5 atom stereocenters. The van der Waals surface area contributed by atoms with Gasteiger partial charge in [0.2, 0.25) is 0 Å². The summed E-state index contributed by atoms with van der Waals surface area (Å²) < 4.78 is 5.75. The van der Waals surface area contributed by atoms with Crippen molar-refractivity contribution in [1.82, 2.24) is 9.88 Å². The Hall–Kier alpha value is -1.62. The third kappa shape index (κ3) is 2.24. The molecule has 1 aromatic rings. The van der Waals surface area contributed by atoms with Gasteiger partial charge in [0, 0.05) is 19.3 Å². The molecule has 5 unspecified atom stereocenters. The average molecular weight is 342 g/mol. The maximum Gasteiger partial charge on any atom is 0.261 e. The van der Waals surface area contributed by atoms with Crippen LogP contribution in [0.2, 0.25) is 0 Å². The number of carbonyl (C=O) groups excluding carboxylic acids is 1. The standard InChI is InChI=1S/C20H26N2O3/c1-25-18-12-7-13-10-22(17(18)14(13)9-12)20(24)15-8-11-5-3-2-4-6-16(11)21-19(15)23/h8,12-14,17-18H,2-7,9-10H2,1H3,(H,21,23). The number of nitrogens with zero attached hydrogens (tertiary/aromatic N) is 1. The highest BCUT2D eigenvalue weighted by Gasteiger charge is 2.60. The van der Waals surface area contributed by atoms with E-state index in [-0.39, 0.29) is 23.6 Å². The molecule has 1 aromatic heterocycles. The van der Waals surface area contributed by atoms with Crippen LogP contribution in [0.4, 0.5) is 0 Å². The average Bonchev–Trinajstić information content (AvgIpc) is 3.15. The fourth-order valence-corrected chi connectivity index (χ4v) is 6.12. The number of carbonyl (C=O) groups is 1. The Morgan fingerprint density at radius 1 is 1.20 bits per heavy atom. The largest absolute Gasteiger partial charge is 0.379 e. The summed E-state index contributed by atoms with van der Waals surface area (Å²) in [5.41, 5.74) is 2.32. The van der Waals surface area contributed by atoms with Crippen molar-refractivity contribution >= 4 is 5.91 Å². The molecule has 1 amide bonds. The molecular weight excluding hydrogens is 316 g/mol. The van der Waals surface area contributed by atoms with E-state index in [0.717, 1.165) is 43.5 Å². The van der Waals surface area contributed by atoms with Gasteiger partial charge in [-0.25, -0.2) is 0 Å². The number of aryl methyl sites for hydroxylation is 2. The molecule has 2 saturated carbocycles. The van der Waals surface area contributed by atoms with Gasteiger partial charge in [0.1, 0.15) is 5.56 Å². The number of H-pyrrole nitrogens is 1. The molecule has 0 aromatic carbocycles. The zero-order chi connectivity index (χ0) is 17.1. The second-order valence-electron chi connectivity index (χ2n) is 8.38. The van der Waals surface area contributed by atoms with Crippen molar-refractivity contribution in [3.63, 3.8) is 0 Å². The first kappa shape index (κ1) is 15.6. The summed E-state index contributed by atoms with van der Waals surface area (Å²) in [6.45, 7) is 0.793. The summed E-state index contributed by atoms with van der Waals surface area (Å²) >= 11 is 0. The number of methoxy groups -OCH3 is 1. The molecule has 5 nitrogen and oxygen atoms in total. The quantitative estimate of drug-likeness (QED) is 0.838. The van der Waals surface area contributed by atoms with Crippen molar-refractivity contribution in [2.24, 2.45) is 17.8 Å². The molecule has 134 valence electrons. The Morgan fingerprint density at radius 2 is 2.04 bits per heavy atom. The molecule has 0 spiro atoms. The summed E-state index contributed by atoms with van der Waals surface area (Å²) in [6, 6.07) is 2.05. The van der Waals surface area contributed by atoms with Gasteiger partial charge in [-0.15, -0.1) is 0 Å². The van der Waals surface area contributed by atoms with E-state index in [2.05, 4.69) is 4.98 Å². The van der Waals surface area contributed by atoms with Crippen LogP contribution >= 0.6 is 0 Å². The SMILES string of the molecule is COC1C2CC3CN(C(=O)c4cc5c([nH]c4=O)CCCCC5)C1C3C2. The van der Waals surface area contributed by atoms with E-state index in [4.69, 9.17) is 4.74 Å². The molecule has 25 heavy (non-hydrogen) atoms. The van der Waals surface area contributed by atoms with Crippen LogP contribution < -0.4 is 5.56 Å². The predicted molar refractivity (Wildman–Crippen MR) is 93.6 cm³/mol. The van der Waals surface area contributed by atoms with Crippen LogP contribution in [0.1, 0.15) is 53.7 Å². The molecule has 1 saturated heterocycles. The van der Waals surface area contributed by atoms with Gasteiger partial charge in [-0.1, -0.05) is 6.42 Å². The van der Waals surface area contributed by atoms with Gasteiger partial charge in [-0.05, 0) is 67.9 Å². The molecule has 2 bridgehead atoms. The maximum absolute atomic E-state index is 13.3. The molecule has 0 radical (unpaired) electrons. The Bertz CT molecular complexity index is 769. The highest BCUT2D eigenvalue weighted by Crippen LogP contribution is 2.55. The van der Waals surface area contributed by atoms with Crippen molar-refractivity contribution in [3.8, 4) is 0 Å². The molecule has 5 heteroatoms. The molecule has 2 heterocycles. The van der Waals surface area contributed by atoms with Crippen LogP contribution in [-0.4, -0.2) is 41.6 Å². The minimum Gasteiger partial charge on any atom is -0.379 e. The van der Waals surface area contributed by atoms with Gasteiger partial charge >= 0.3 is 0 Å². The van der Waals surface area contributed by atoms with Crippen LogP contribution in [0.5, 0.6) is 0 Å². The van der Waals surface area contributed by atoms with E-state index in [9.17, 15) is 9.59 Å². The molecular formula is C20H26N2O3. The van der Waals surface area contributed by atoms with Crippen LogP contribution in [0.3, 0.4) is 0 Å².